The maximum atomic E-state index is 12.6. The summed E-state index contributed by atoms with van der Waals surface area (Å²) in [6.07, 6.45) is 0. The number of amides is 1. The molecule has 1 aliphatic heterocycles. The number of rotatable bonds is 5. The fraction of sp³-hybridized carbons (Fsp3) is 0.261. The molecular formula is C23H25N5O2. The molecule has 0 atom stereocenters. The second-order valence-electron chi connectivity index (χ2n) is 7.35. The number of anilines is 3. The molecule has 7 heteroatoms. The Hall–Kier alpha value is -3.45. The summed E-state index contributed by atoms with van der Waals surface area (Å²) in [5.74, 6) is 0.707. The zero-order chi connectivity index (χ0) is 20.9. The minimum atomic E-state index is -0.147. The first-order chi connectivity index (χ1) is 14.6. The van der Waals surface area contributed by atoms with Crippen LogP contribution in [0.3, 0.4) is 0 Å². The third-order valence-electron chi connectivity index (χ3n) is 5.05. The molecule has 0 unspecified atom stereocenters. The van der Waals surface area contributed by atoms with Crippen molar-refractivity contribution in [3.63, 3.8) is 0 Å². The number of carbonyl (C=O) groups excluding carboxylic acids is 1. The molecular weight excluding hydrogens is 378 g/mol. The predicted octanol–water partition coefficient (Wildman–Crippen LogP) is 3.30. The zero-order valence-electron chi connectivity index (χ0n) is 17.2. The quantitative estimate of drug-likeness (QED) is 0.705. The van der Waals surface area contributed by atoms with E-state index in [1.807, 2.05) is 79.7 Å². The summed E-state index contributed by atoms with van der Waals surface area (Å²) >= 11 is 0. The highest BCUT2D eigenvalue weighted by molar-refractivity contribution is 6.04. The molecule has 0 saturated carbocycles. The van der Waals surface area contributed by atoms with Crippen LogP contribution in [0.2, 0.25) is 0 Å². The minimum absolute atomic E-state index is 0.147. The van der Waals surface area contributed by atoms with Gasteiger partial charge in [-0.3, -0.25) is 4.79 Å². The van der Waals surface area contributed by atoms with Gasteiger partial charge in [-0.1, -0.05) is 12.1 Å². The molecule has 0 radical (unpaired) electrons. The van der Waals surface area contributed by atoms with E-state index in [9.17, 15) is 4.79 Å². The topological polar surface area (TPSA) is 70.6 Å². The molecule has 1 N–H and O–H groups in total. The Morgan fingerprint density at radius 2 is 1.77 bits per heavy atom. The molecule has 30 heavy (non-hydrogen) atoms. The number of hydrogen-bond acceptors (Lipinski definition) is 6. The van der Waals surface area contributed by atoms with Gasteiger partial charge in [0.25, 0.3) is 5.91 Å². The average molecular weight is 403 g/mol. The van der Waals surface area contributed by atoms with E-state index in [4.69, 9.17) is 4.74 Å². The van der Waals surface area contributed by atoms with Gasteiger partial charge < -0.3 is 19.9 Å². The summed E-state index contributed by atoms with van der Waals surface area (Å²) in [5.41, 5.74) is 4.04. The normalized spacial score (nSPS) is 13.7. The third kappa shape index (κ3) is 4.58. The van der Waals surface area contributed by atoms with Gasteiger partial charge in [0.05, 0.1) is 18.9 Å². The summed E-state index contributed by atoms with van der Waals surface area (Å²) in [6, 6.07) is 19.1. The Morgan fingerprint density at radius 3 is 2.43 bits per heavy atom. The first kappa shape index (κ1) is 19.8. The molecule has 2 heterocycles. The fourth-order valence-corrected chi connectivity index (χ4v) is 3.31. The first-order valence-corrected chi connectivity index (χ1v) is 9.96. The minimum Gasteiger partial charge on any atom is -0.378 e. The SMILES string of the molecule is CN(C)c1ccc(C(=O)Nc2cccc(-c3ccc(N4CCOCC4)nn3)c2)cc1. The van der Waals surface area contributed by atoms with Crippen LogP contribution in [-0.2, 0) is 4.74 Å². The van der Waals surface area contributed by atoms with E-state index in [1.54, 1.807) is 0 Å². The Labute approximate surface area is 176 Å². The van der Waals surface area contributed by atoms with Crippen molar-refractivity contribution >= 4 is 23.1 Å². The van der Waals surface area contributed by atoms with Gasteiger partial charge in [0.15, 0.2) is 5.82 Å². The summed E-state index contributed by atoms with van der Waals surface area (Å²) in [4.78, 5) is 16.8. The number of aromatic nitrogens is 2. The van der Waals surface area contributed by atoms with Gasteiger partial charge in [0.1, 0.15) is 0 Å². The molecule has 1 saturated heterocycles. The highest BCUT2D eigenvalue weighted by Gasteiger charge is 2.13. The van der Waals surface area contributed by atoms with Crippen molar-refractivity contribution in [1.29, 1.82) is 0 Å². The Bertz CT molecular complexity index is 997. The lowest BCUT2D eigenvalue weighted by atomic mass is 10.1. The second-order valence-corrected chi connectivity index (χ2v) is 7.35. The fourth-order valence-electron chi connectivity index (χ4n) is 3.31. The van der Waals surface area contributed by atoms with E-state index >= 15 is 0 Å². The van der Waals surface area contributed by atoms with Crippen molar-refractivity contribution in [3.05, 3.63) is 66.2 Å². The maximum absolute atomic E-state index is 12.6. The van der Waals surface area contributed by atoms with Gasteiger partial charge in [-0.05, 0) is 48.5 Å². The molecule has 2 aromatic carbocycles. The van der Waals surface area contributed by atoms with Crippen LogP contribution >= 0.6 is 0 Å². The lowest BCUT2D eigenvalue weighted by Crippen LogP contribution is -2.36. The summed E-state index contributed by atoms with van der Waals surface area (Å²) in [5, 5.41) is 11.7. The van der Waals surface area contributed by atoms with Crippen molar-refractivity contribution < 1.29 is 9.53 Å². The van der Waals surface area contributed by atoms with Crippen LogP contribution in [0.15, 0.2) is 60.7 Å². The van der Waals surface area contributed by atoms with Gasteiger partial charge >= 0.3 is 0 Å². The summed E-state index contributed by atoms with van der Waals surface area (Å²) in [6.45, 7) is 3.07. The highest BCUT2D eigenvalue weighted by Crippen LogP contribution is 2.23. The third-order valence-corrected chi connectivity index (χ3v) is 5.05. The van der Waals surface area contributed by atoms with Crippen LogP contribution < -0.4 is 15.1 Å². The monoisotopic (exact) mass is 403 g/mol. The van der Waals surface area contributed by atoms with Crippen LogP contribution in [0.1, 0.15) is 10.4 Å². The summed E-state index contributed by atoms with van der Waals surface area (Å²) < 4.78 is 5.38. The van der Waals surface area contributed by atoms with Gasteiger partial charge in [-0.25, -0.2) is 0 Å². The standard InChI is InChI=1S/C23H25N5O2/c1-27(2)20-8-6-17(7-9-20)23(29)24-19-5-3-4-18(16-19)21-10-11-22(26-25-21)28-12-14-30-15-13-28/h3-11,16H,12-15H2,1-2H3,(H,24,29). The number of carbonyl (C=O) groups is 1. The van der Waals surface area contributed by atoms with E-state index in [0.29, 0.717) is 24.5 Å². The lowest BCUT2D eigenvalue weighted by Gasteiger charge is -2.27. The molecule has 7 nitrogen and oxygen atoms in total. The van der Waals surface area contributed by atoms with Crippen LogP contribution in [0.5, 0.6) is 0 Å². The number of benzene rings is 2. The molecule has 1 amide bonds. The first-order valence-electron chi connectivity index (χ1n) is 9.96. The number of morpholine rings is 1. The van der Waals surface area contributed by atoms with Crippen LogP contribution in [0.4, 0.5) is 17.2 Å². The highest BCUT2D eigenvalue weighted by atomic mass is 16.5. The van der Waals surface area contributed by atoms with E-state index in [0.717, 1.165) is 35.9 Å². The predicted molar refractivity (Wildman–Crippen MR) is 119 cm³/mol. The molecule has 3 aromatic rings. The average Bonchev–Trinajstić information content (AvgIpc) is 2.80. The molecule has 1 aliphatic rings. The van der Waals surface area contributed by atoms with Crippen molar-refractivity contribution in [1.82, 2.24) is 10.2 Å². The number of ether oxygens (including phenoxy) is 1. The van der Waals surface area contributed by atoms with Crippen LogP contribution in [0, 0.1) is 0 Å². The molecule has 0 spiro atoms. The molecule has 0 aliphatic carbocycles. The Balaban J connectivity index is 1.46. The van der Waals surface area contributed by atoms with E-state index < -0.39 is 0 Å². The van der Waals surface area contributed by atoms with Crippen molar-refractivity contribution in [3.8, 4) is 11.3 Å². The second kappa shape index (κ2) is 8.92. The van der Waals surface area contributed by atoms with Crippen LogP contribution in [0.25, 0.3) is 11.3 Å². The summed E-state index contributed by atoms with van der Waals surface area (Å²) in [7, 11) is 3.94. The van der Waals surface area contributed by atoms with Crippen molar-refractivity contribution in [2.45, 2.75) is 0 Å². The Morgan fingerprint density at radius 1 is 1.00 bits per heavy atom. The molecule has 1 fully saturated rings. The van der Waals surface area contributed by atoms with E-state index in [-0.39, 0.29) is 5.91 Å². The largest absolute Gasteiger partial charge is 0.378 e. The molecule has 154 valence electrons. The maximum Gasteiger partial charge on any atom is 0.255 e. The number of hydrogen-bond donors (Lipinski definition) is 1. The lowest BCUT2D eigenvalue weighted by molar-refractivity contribution is 0.102. The Kier molecular flexibility index (Phi) is 5.90. The molecule has 4 rings (SSSR count). The van der Waals surface area contributed by atoms with Gasteiger partial charge in [-0.15, -0.1) is 10.2 Å². The van der Waals surface area contributed by atoms with Gasteiger partial charge in [0.2, 0.25) is 0 Å². The van der Waals surface area contributed by atoms with Crippen molar-refractivity contribution in [2.75, 3.05) is 55.5 Å². The van der Waals surface area contributed by atoms with Crippen LogP contribution in [-0.4, -0.2) is 56.5 Å². The number of nitrogens with one attached hydrogen (secondary N) is 1. The van der Waals surface area contributed by atoms with Gasteiger partial charge in [0, 0.05) is 49.7 Å². The molecule has 0 bridgehead atoms. The van der Waals surface area contributed by atoms with E-state index in [1.165, 1.54) is 0 Å². The van der Waals surface area contributed by atoms with Gasteiger partial charge in [-0.2, -0.15) is 0 Å². The van der Waals surface area contributed by atoms with E-state index in [2.05, 4.69) is 20.4 Å². The number of nitrogens with zero attached hydrogens (tertiary/aromatic N) is 4. The van der Waals surface area contributed by atoms with Crippen molar-refractivity contribution in [2.24, 2.45) is 0 Å². The molecule has 1 aromatic heterocycles. The smallest absolute Gasteiger partial charge is 0.255 e. The zero-order valence-corrected chi connectivity index (χ0v) is 17.2.